The Balaban J connectivity index is 1.89. The van der Waals surface area contributed by atoms with Gasteiger partial charge in [-0.2, -0.15) is 0 Å². The van der Waals surface area contributed by atoms with Crippen molar-refractivity contribution in [3.05, 3.63) is 71.3 Å². The maximum atomic E-state index is 13.6. The van der Waals surface area contributed by atoms with Gasteiger partial charge < -0.3 is 4.90 Å². The second-order valence-corrected chi connectivity index (χ2v) is 5.27. The lowest BCUT2D eigenvalue weighted by Crippen LogP contribution is -2.27. The van der Waals surface area contributed by atoms with Crippen molar-refractivity contribution >= 4 is 11.7 Å². The Morgan fingerprint density at radius 1 is 1.00 bits per heavy atom. The molecule has 0 saturated carbocycles. The number of hydrogen-bond acceptors (Lipinski definition) is 2. The van der Waals surface area contributed by atoms with E-state index >= 15 is 0 Å². The van der Waals surface area contributed by atoms with E-state index in [1.54, 1.807) is 24.3 Å². The van der Waals surface area contributed by atoms with Crippen LogP contribution in [0.4, 0.5) is 8.78 Å². The fourth-order valence-corrected chi connectivity index (χ4v) is 2.17. The van der Waals surface area contributed by atoms with Gasteiger partial charge in [0.1, 0.15) is 11.6 Å². The third-order valence-electron chi connectivity index (χ3n) is 3.51. The molecule has 5 heteroatoms. The van der Waals surface area contributed by atoms with Gasteiger partial charge in [-0.15, -0.1) is 0 Å². The average molecular weight is 317 g/mol. The summed E-state index contributed by atoms with van der Waals surface area (Å²) in [4.78, 5) is 25.3. The molecule has 2 aromatic rings. The van der Waals surface area contributed by atoms with Gasteiger partial charge in [-0.3, -0.25) is 9.59 Å². The molecular formula is C18H17F2NO2. The van der Waals surface area contributed by atoms with Crippen molar-refractivity contribution < 1.29 is 18.4 Å². The summed E-state index contributed by atoms with van der Waals surface area (Å²) < 4.78 is 26.4. The van der Waals surface area contributed by atoms with Crippen molar-refractivity contribution in [1.82, 2.24) is 4.90 Å². The fraction of sp³-hybridized carbons (Fsp3) is 0.222. The van der Waals surface area contributed by atoms with Crippen LogP contribution < -0.4 is 0 Å². The van der Waals surface area contributed by atoms with Gasteiger partial charge >= 0.3 is 0 Å². The monoisotopic (exact) mass is 317 g/mol. The number of benzene rings is 2. The quantitative estimate of drug-likeness (QED) is 0.764. The lowest BCUT2D eigenvalue weighted by Gasteiger charge is -2.17. The van der Waals surface area contributed by atoms with Crippen molar-refractivity contribution in [2.75, 3.05) is 7.05 Å². The Labute approximate surface area is 133 Å². The molecule has 0 aromatic heterocycles. The molecule has 0 unspecified atom stereocenters. The van der Waals surface area contributed by atoms with Gasteiger partial charge in [0, 0.05) is 43.6 Å². The first-order chi connectivity index (χ1) is 11.0. The maximum Gasteiger partial charge on any atom is 0.223 e. The van der Waals surface area contributed by atoms with Crippen LogP contribution in [0.25, 0.3) is 0 Å². The van der Waals surface area contributed by atoms with Crippen LogP contribution in [0.15, 0.2) is 48.5 Å². The Kier molecular flexibility index (Phi) is 5.57. The summed E-state index contributed by atoms with van der Waals surface area (Å²) in [6.07, 6.45) is 0.145. The van der Waals surface area contributed by atoms with Gasteiger partial charge in [0.15, 0.2) is 5.78 Å². The van der Waals surface area contributed by atoms with Gasteiger partial charge in [-0.25, -0.2) is 8.78 Å². The van der Waals surface area contributed by atoms with Gasteiger partial charge in [0.2, 0.25) is 5.91 Å². The molecule has 120 valence electrons. The van der Waals surface area contributed by atoms with Gasteiger partial charge in [0.25, 0.3) is 0 Å². The number of hydrogen-bond donors (Lipinski definition) is 0. The number of nitrogens with zero attached hydrogens (tertiary/aromatic N) is 1. The molecule has 0 bridgehead atoms. The zero-order valence-electron chi connectivity index (χ0n) is 12.8. The minimum atomic E-state index is -0.690. The Morgan fingerprint density at radius 2 is 1.70 bits per heavy atom. The number of halogens is 2. The highest BCUT2D eigenvalue weighted by atomic mass is 19.1. The number of carbonyl (C=O) groups is 2. The molecule has 0 spiro atoms. The van der Waals surface area contributed by atoms with Crippen LogP contribution >= 0.6 is 0 Å². The molecule has 23 heavy (non-hydrogen) atoms. The topological polar surface area (TPSA) is 37.4 Å². The number of ketones is 1. The summed E-state index contributed by atoms with van der Waals surface area (Å²) >= 11 is 0. The molecule has 2 aromatic carbocycles. The van der Waals surface area contributed by atoms with Gasteiger partial charge in [0.05, 0.1) is 0 Å². The van der Waals surface area contributed by atoms with E-state index in [1.165, 1.54) is 18.0 Å². The van der Waals surface area contributed by atoms with E-state index in [4.69, 9.17) is 0 Å². The number of Topliss-reactive ketones (excluding diaryl/α,β-unsaturated/α-hetero) is 1. The van der Waals surface area contributed by atoms with Crippen LogP contribution in [0.1, 0.15) is 28.8 Å². The molecule has 0 saturated heterocycles. The first-order valence-corrected chi connectivity index (χ1v) is 7.23. The van der Waals surface area contributed by atoms with E-state index in [0.29, 0.717) is 5.56 Å². The molecule has 0 N–H and O–H groups in total. The van der Waals surface area contributed by atoms with E-state index in [0.717, 1.165) is 12.1 Å². The number of amides is 1. The fourth-order valence-electron chi connectivity index (χ4n) is 2.17. The second kappa shape index (κ2) is 7.63. The first-order valence-electron chi connectivity index (χ1n) is 7.23. The van der Waals surface area contributed by atoms with Crippen LogP contribution in [0.5, 0.6) is 0 Å². The van der Waals surface area contributed by atoms with E-state index in [9.17, 15) is 18.4 Å². The smallest absolute Gasteiger partial charge is 0.223 e. The van der Waals surface area contributed by atoms with E-state index in [-0.39, 0.29) is 36.6 Å². The lowest BCUT2D eigenvalue weighted by atomic mass is 10.1. The van der Waals surface area contributed by atoms with E-state index in [2.05, 4.69) is 0 Å². The largest absolute Gasteiger partial charge is 0.341 e. The summed E-state index contributed by atoms with van der Waals surface area (Å²) in [6, 6.07) is 12.0. The third-order valence-corrected chi connectivity index (χ3v) is 3.51. The van der Waals surface area contributed by atoms with Gasteiger partial charge in [-0.05, 0) is 6.07 Å². The van der Waals surface area contributed by atoms with Crippen LogP contribution in [0, 0.1) is 11.6 Å². The SMILES string of the molecule is CN(Cc1ccc(F)cc1F)C(=O)CCC(=O)c1ccccc1. The van der Waals surface area contributed by atoms with Crippen LogP contribution in [0.2, 0.25) is 0 Å². The maximum absolute atomic E-state index is 13.6. The molecule has 1 amide bonds. The molecular weight excluding hydrogens is 300 g/mol. The highest BCUT2D eigenvalue weighted by Gasteiger charge is 2.14. The summed E-state index contributed by atoms with van der Waals surface area (Å²) in [6.45, 7) is 0.0322. The van der Waals surface area contributed by atoms with Crippen molar-refractivity contribution in [3.63, 3.8) is 0 Å². The summed E-state index contributed by atoms with van der Waals surface area (Å²) in [5, 5.41) is 0. The molecule has 0 heterocycles. The predicted molar refractivity (Wildman–Crippen MR) is 82.8 cm³/mol. The minimum Gasteiger partial charge on any atom is -0.341 e. The first kappa shape index (κ1) is 16.8. The molecule has 0 aliphatic rings. The highest BCUT2D eigenvalue weighted by Crippen LogP contribution is 2.13. The average Bonchev–Trinajstić information content (AvgIpc) is 2.55. The zero-order chi connectivity index (χ0) is 16.8. The Hall–Kier alpha value is -2.56. The predicted octanol–water partition coefficient (Wildman–Crippen LogP) is 3.59. The van der Waals surface area contributed by atoms with E-state index in [1.807, 2.05) is 6.07 Å². The number of carbonyl (C=O) groups excluding carboxylic acids is 2. The van der Waals surface area contributed by atoms with Gasteiger partial charge in [-0.1, -0.05) is 36.4 Å². The second-order valence-electron chi connectivity index (χ2n) is 5.27. The highest BCUT2D eigenvalue weighted by molar-refractivity contribution is 5.97. The summed E-state index contributed by atoms with van der Waals surface area (Å²) in [7, 11) is 1.53. The van der Waals surface area contributed by atoms with E-state index < -0.39 is 11.6 Å². The summed E-state index contributed by atoms with van der Waals surface area (Å²) in [5.41, 5.74) is 0.796. The molecule has 3 nitrogen and oxygen atoms in total. The van der Waals surface area contributed by atoms with Crippen molar-refractivity contribution in [2.45, 2.75) is 19.4 Å². The standard InChI is InChI=1S/C18H17F2NO2/c1-21(12-14-7-8-15(19)11-16(14)20)18(23)10-9-17(22)13-5-3-2-4-6-13/h2-8,11H,9-10,12H2,1H3. The van der Waals surface area contributed by atoms with Crippen molar-refractivity contribution in [1.29, 1.82) is 0 Å². The number of rotatable bonds is 6. The normalized spacial score (nSPS) is 10.4. The molecule has 0 aliphatic carbocycles. The Morgan fingerprint density at radius 3 is 2.35 bits per heavy atom. The van der Waals surface area contributed by atoms with Crippen molar-refractivity contribution in [3.8, 4) is 0 Å². The minimum absolute atomic E-state index is 0.0322. The molecule has 0 atom stereocenters. The molecule has 0 radical (unpaired) electrons. The van der Waals surface area contributed by atoms with Crippen LogP contribution in [-0.4, -0.2) is 23.6 Å². The zero-order valence-corrected chi connectivity index (χ0v) is 12.8. The third kappa shape index (κ3) is 4.71. The molecule has 0 aliphatic heterocycles. The van der Waals surface area contributed by atoms with Crippen LogP contribution in [-0.2, 0) is 11.3 Å². The summed E-state index contributed by atoms with van der Waals surface area (Å²) in [5.74, 6) is -1.72. The van der Waals surface area contributed by atoms with Crippen molar-refractivity contribution in [2.24, 2.45) is 0 Å². The van der Waals surface area contributed by atoms with Crippen LogP contribution in [0.3, 0.4) is 0 Å². The Bertz CT molecular complexity index is 701. The molecule has 2 rings (SSSR count). The molecule has 0 fully saturated rings. The lowest BCUT2D eigenvalue weighted by molar-refractivity contribution is -0.130.